The third-order valence-electron chi connectivity index (χ3n) is 3.53. The van der Waals surface area contributed by atoms with Crippen molar-refractivity contribution in [1.82, 2.24) is 9.80 Å². The van der Waals surface area contributed by atoms with E-state index in [1.54, 1.807) is 18.9 Å². The highest BCUT2D eigenvalue weighted by Crippen LogP contribution is 2.32. The molecule has 108 valence electrons. The maximum atomic E-state index is 12.5. The third kappa shape index (κ3) is 2.21. The standard InChI is InChI=1S/C14H18N2O4/c1-4-20-14(19)11-7-15(3)12-10(8-17)6-5-9(2)16(12)13(11)18/h7-9H,4-6H2,1-3H3. The fourth-order valence-corrected chi connectivity index (χ4v) is 2.56. The number of esters is 1. The van der Waals surface area contributed by atoms with Gasteiger partial charge in [-0.1, -0.05) is 0 Å². The zero-order chi connectivity index (χ0) is 14.9. The van der Waals surface area contributed by atoms with E-state index >= 15 is 0 Å². The summed E-state index contributed by atoms with van der Waals surface area (Å²) >= 11 is 0. The largest absolute Gasteiger partial charge is 0.462 e. The van der Waals surface area contributed by atoms with Crippen LogP contribution in [0.3, 0.4) is 0 Å². The van der Waals surface area contributed by atoms with E-state index in [1.807, 2.05) is 6.92 Å². The Labute approximate surface area is 117 Å². The van der Waals surface area contributed by atoms with Crippen LogP contribution in [0.5, 0.6) is 0 Å². The van der Waals surface area contributed by atoms with Gasteiger partial charge in [0.05, 0.1) is 6.61 Å². The number of rotatable bonds is 3. The van der Waals surface area contributed by atoms with Crippen molar-refractivity contribution in [1.29, 1.82) is 0 Å². The molecule has 1 amide bonds. The van der Waals surface area contributed by atoms with Gasteiger partial charge in [-0.15, -0.1) is 0 Å². The second kappa shape index (κ2) is 5.48. The van der Waals surface area contributed by atoms with Crippen LogP contribution in [0.4, 0.5) is 0 Å². The van der Waals surface area contributed by atoms with Crippen LogP contribution in [0.15, 0.2) is 23.2 Å². The Kier molecular flexibility index (Phi) is 3.92. The quantitative estimate of drug-likeness (QED) is 0.434. The molecule has 1 atom stereocenters. The van der Waals surface area contributed by atoms with Gasteiger partial charge in [0.2, 0.25) is 0 Å². The van der Waals surface area contributed by atoms with Crippen LogP contribution in [0.1, 0.15) is 26.7 Å². The molecule has 0 N–H and O–H groups in total. The van der Waals surface area contributed by atoms with Gasteiger partial charge in [0, 0.05) is 24.9 Å². The summed E-state index contributed by atoms with van der Waals surface area (Å²) in [5, 5.41) is 0. The number of fused-ring (bicyclic) bond motifs is 1. The first kappa shape index (κ1) is 14.3. The molecule has 0 fully saturated rings. The minimum atomic E-state index is -0.631. The number of allylic oxidation sites excluding steroid dienone is 1. The molecule has 0 bridgehead atoms. The zero-order valence-electron chi connectivity index (χ0n) is 11.9. The second-order valence-corrected chi connectivity index (χ2v) is 4.90. The zero-order valence-corrected chi connectivity index (χ0v) is 11.9. The lowest BCUT2D eigenvalue weighted by Crippen LogP contribution is -2.50. The van der Waals surface area contributed by atoms with Gasteiger partial charge in [0.15, 0.2) is 0 Å². The van der Waals surface area contributed by atoms with E-state index in [0.717, 1.165) is 6.29 Å². The molecule has 2 heterocycles. The van der Waals surface area contributed by atoms with Gasteiger partial charge < -0.3 is 9.64 Å². The predicted octanol–water partition coefficient (Wildman–Crippen LogP) is 0.800. The van der Waals surface area contributed by atoms with Gasteiger partial charge in [-0.25, -0.2) is 4.79 Å². The van der Waals surface area contributed by atoms with Crippen molar-refractivity contribution in [3.05, 3.63) is 23.2 Å². The highest BCUT2D eigenvalue weighted by Gasteiger charge is 2.39. The molecule has 6 heteroatoms. The number of hydrogen-bond donors (Lipinski definition) is 0. The van der Waals surface area contributed by atoms with Crippen molar-refractivity contribution in [2.24, 2.45) is 0 Å². The summed E-state index contributed by atoms with van der Waals surface area (Å²) in [6, 6.07) is -0.0539. The average Bonchev–Trinajstić information content (AvgIpc) is 2.42. The van der Waals surface area contributed by atoms with E-state index in [9.17, 15) is 14.4 Å². The van der Waals surface area contributed by atoms with Gasteiger partial charge in [0.25, 0.3) is 5.91 Å². The molecule has 0 aromatic heterocycles. The third-order valence-corrected chi connectivity index (χ3v) is 3.53. The molecular formula is C14H18N2O4. The van der Waals surface area contributed by atoms with Gasteiger partial charge >= 0.3 is 5.97 Å². The molecule has 0 aromatic rings. The van der Waals surface area contributed by atoms with Crippen molar-refractivity contribution in [2.45, 2.75) is 32.7 Å². The molecule has 0 saturated heterocycles. The van der Waals surface area contributed by atoms with Crippen LogP contribution in [0.25, 0.3) is 0 Å². The van der Waals surface area contributed by atoms with Gasteiger partial charge in [-0.3, -0.25) is 14.5 Å². The number of ether oxygens (including phenoxy) is 1. The van der Waals surface area contributed by atoms with Crippen molar-refractivity contribution in [3.8, 4) is 0 Å². The lowest BCUT2D eigenvalue weighted by Gasteiger charge is -2.42. The van der Waals surface area contributed by atoms with E-state index < -0.39 is 11.9 Å². The number of carbonyl (C=O) groups excluding carboxylic acids is 3. The van der Waals surface area contributed by atoms with Gasteiger partial charge in [-0.05, 0) is 26.7 Å². The van der Waals surface area contributed by atoms with E-state index in [4.69, 9.17) is 4.74 Å². The Morgan fingerprint density at radius 2 is 2.25 bits per heavy atom. The molecule has 2 aliphatic heterocycles. The maximum absolute atomic E-state index is 12.5. The van der Waals surface area contributed by atoms with Crippen LogP contribution >= 0.6 is 0 Å². The maximum Gasteiger partial charge on any atom is 0.345 e. The number of carbonyl (C=O) groups is 3. The molecule has 2 rings (SSSR count). The number of amides is 1. The highest BCUT2D eigenvalue weighted by atomic mass is 16.5. The Bertz CT molecular complexity index is 521. The Morgan fingerprint density at radius 3 is 2.85 bits per heavy atom. The van der Waals surface area contributed by atoms with Crippen molar-refractivity contribution >= 4 is 18.2 Å². The molecule has 0 aromatic carbocycles. The number of hydrogen-bond acceptors (Lipinski definition) is 5. The van der Waals surface area contributed by atoms with Crippen molar-refractivity contribution in [2.75, 3.05) is 13.7 Å². The van der Waals surface area contributed by atoms with Crippen LogP contribution in [-0.4, -0.2) is 47.7 Å². The Balaban J connectivity index is 2.47. The summed E-state index contributed by atoms with van der Waals surface area (Å²) in [6.07, 6.45) is 3.55. The topological polar surface area (TPSA) is 66.9 Å². The number of aldehydes is 1. The van der Waals surface area contributed by atoms with E-state index in [0.29, 0.717) is 24.2 Å². The lowest BCUT2D eigenvalue weighted by atomic mass is 9.97. The second-order valence-electron chi connectivity index (χ2n) is 4.90. The minimum Gasteiger partial charge on any atom is -0.462 e. The lowest BCUT2D eigenvalue weighted by molar-refractivity contribution is -0.143. The SMILES string of the molecule is CCOC(=O)C1=CN(C)C2=C(C=O)CCC(C)N2C1=O. The minimum absolute atomic E-state index is 0.00269. The molecule has 0 saturated carbocycles. The van der Waals surface area contributed by atoms with E-state index in [-0.39, 0.29) is 18.2 Å². The average molecular weight is 278 g/mol. The summed E-state index contributed by atoms with van der Waals surface area (Å²) in [7, 11) is 1.72. The highest BCUT2D eigenvalue weighted by molar-refractivity contribution is 6.17. The molecule has 1 unspecified atom stereocenters. The first-order valence-corrected chi connectivity index (χ1v) is 6.64. The summed E-state index contributed by atoms with van der Waals surface area (Å²) < 4.78 is 4.90. The van der Waals surface area contributed by atoms with Gasteiger partial charge in [-0.2, -0.15) is 0 Å². The molecule has 0 spiro atoms. The monoisotopic (exact) mass is 278 g/mol. The fourth-order valence-electron chi connectivity index (χ4n) is 2.56. The first-order chi connectivity index (χ1) is 9.51. The fraction of sp³-hybridized carbons (Fsp3) is 0.500. The molecular weight excluding hydrogens is 260 g/mol. The van der Waals surface area contributed by atoms with Crippen molar-refractivity contribution < 1.29 is 19.1 Å². The summed E-state index contributed by atoms with van der Waals surface area (Å²) in [5.74, 6) is -0.464. The Hall–Kier alpha value is -2.11. The van der Waals surface area contributed by atoms with Crippen LogP contribution < -0.4 is 0 Å². The van der Waals surface area contributed by atoms with E-state index in [1.165, 1.54) is 11.1 Å². The van der Waals surface area contributed by atoms with Crippen molar-refractivity contribution in [3.63, 3.8) is 0 Å². The summed E-state index contributed by atoms with van der Waals surface area (Å²) in [5.41, 5.74) is 0.579. The summed E-state index contributed by atoms with van der Waals surface area (Å²) in [6.45, 7) is 3.81. The van der Waals surface area contributed by atoms with Gasteiger partial charge in [0.1, 0.15) is 17.7 Å². The molecule has 0 aliphatic carbocycles. The smallest absolute Gasteiger partial charge is 0.345 e. The van der Waals surface area contributed by atoms with Crippen LogP contribution in [0, 0.1) is 0 Å². The molecule has 2 aliphatic rings. The summed E-state index contributed by atoms with van der Waals surface area (Å²) in [4.78, 5) is 38.6. The number of nitrogens with zero attached hydrogens (tertiary/aromatic N) is 2. The predicted molar refractivity (Wildman–Crippen MR) is 71.1 cm³/mol. The van der Waals surface area contributed by atoms with Crippen LogP contribution in [-0.2, 0) is 19.1 Å². The van der Waals surface area contributed by atoms with E-state index in [2.05, 4.69) is 0 Å². The molecule has 0 radical (unpaired) electrons. The molecule has 6 nitrogen and oxygen atoms in total. The normalized spacial score (nSPS) is 22.4. The van der Waals surface area contributed by atoms with Crippen LogP contribution in [0.2, 0.25) is 0 Å². The first-order valence-electron chi connectivity index (χ1n) is 6.64. The molecule has 20 heavy (non-hydrogen) atoms. The Morgan fingerprint density at radius 1 is 1.55 bits per heavy atom.